The molecular weight excluding hydrogens is 203 g/mol. The van der Waals surface area contributed by atoms with Crippen molar-refractivity contribution in [3.05, 3.63) is 35.6 Å². The molecule has 0 unspecified atom stereocenters. The quantitative estimate of drug-likeness (QED) is 0.582. The van der Waals surface area contributed by atoms with Gasteiger partial charge in [-0.15, -0.1) is 0 Å². The number of nitrogens with one attached hydrogen (secondary N) is 2. The van der Waals surface area contributed by atoms with Gasteiger partial charge in [0.05, 0.1) is 0 Å². The number of hydrazine groups is 1. The van der Waals surface area contributed by atoms with E-state index in [4.69, 9.17) is 5.11 Å². The molecule has 0 bridgehead atoms. The Labute approximate surface area is 84.9 Å². The Balaban J connectivity index is 2.58. The molecule has 0 heterocycles. The van der Waals surface area contributed by atoms with Gasteiger partial charge in [-0.2, -0.15) is 0 Å². The zero-order valence-corrected chi connectivity index (χ0v) is 7.66. The van der Waals surface area contributed by atoms with Crippen LogP contribution < -0.4 is 10.9 Å². The highest BCUT2D eigenvalue weighted by Gasteiger charge is 2.06. The van der Waals surface area contributed by atoms with Gasteiger partial charge in [-0.05, 0) is 18.2 Å². The molecule has 0 radical (unpaired) electrons. The van der Waals surface area contributed by atoms with Gasteiger partial charge in [-0.3, -0.25) is 20.4 Å². The maximum Gasteiger partial charge on any atom is 0.269 e. The number of carbonyl (C=O) groups excluding carboxylic acids is 2. The van der Waals surface area contributed by atoms with Crippen LogP contribution in [0.4, 0.5) is 4.39 Å². The molecule has 1 rings (SSSR count). The lowest BCUT2D eigenvalue weighted by molar-refractivity contribution is -0.124. The molecule has 0 atom stereocenters. The van der Waals surface area contributed by atoms with Crippen molar-refractivity contribution in [1.82, 2.24) is 10.9 Å². The van der Waals surface area contributed by atoms with Gasteiger partial charge >= 0.3 is 0 Å². The first-order valence-corrected chi connectivity index (χ1v) is 4.09. The van der Waals surface area contributed by atoms with Crippen LogP contribution in [-0.4, -0.2) is 23.5 Å². The number of hydrogen-bond acceptors (Lipinski definition) is 3. The second-order valence-corrected chi connectivity index (χ2v) is 2.67. The normalized spacial score (nSPS) is 9.47. The number of benzene rings is 1. The third kappa shape index (κ3) is 3.35. The Kier molecular flexibility index (Phi) is 3.75. The summed E-state index contributed by atoms with van der Waals surface area (Å²) in [5.74, 6) is -1.95. The van der Waals surface area contributed by atoms with Gasteiger partial charge in [0.2, 0.25) is 0 Å². The van der Waals surface area contributed by atoms with E-state index >= 15 is 0 Å². The van der Waals surface area contributed by atoms with E-state index in [9.17, 15) is 14.0 Å². The van der Waals surface area contributed by atoms with Crippen molar-refractivity contribution in [3.8, 4) is 0 Å². The van der Waals surface area contributed by atoms with E-state index in [0.717, 1.165) is 6.07 Å². The molecule has 0 fully saturated rings. The van der Waals surface area contributed by atoms with E-state index in [0.29, 0.717) is 0 Å². The third-order valence-corrected chi connectivity index (χ3v) is 1.55. The Hall–Kier alpha value is -1.95. The summed E-state index contributed by atoms with van der Waals surface area (Å²) in [7, 11) is 0. The van der Waals surface area contributed by atoms with Gasteiger partial charge in [0.25, 0.3) is 11.8 Å². The van der Waals surface area contributed by atoms with Crippen molar-refractivity contribution in [2.75, 3.05) is 6.61 Å². The smallest absolute Gasteiger partial charge is 0.269 e. The molecule has 0 saturated carbocycles. The molecule has 0 aliphatic rings. The van der Waals surface area contributed by atoms with Crippen LogP contribution in [-0.2, 0) is 4.79 Å². The third-order valence-electron chi connectivity index (χ3n) is 1.55. The zero-order chi connectivity index (χ0) is 11.3. The highest BCUT2D eigenvalue weighted by molar-refractivity contribution is 5.95. The molecule has 15 heavy (non-hydrogen) atoms. The highest BCUT2D eigenvalue weighted by atomic mass is 19.1. The minimum Gasteiger partial charge on any atom is -0.386 e. The number of amides is 2. The fraction of sp³-hybridized carbons (Fsp3) is 0.111. The number of carbonyl (C=O) groups is 2. The molecule has 80 valence electrons. The Morgan fingerprint density at radius 3 is 2.67 bits per heavy atom. The van der Waals surface area contributed by atoms with E-state index < -0.39 is 24.2 Å². The monoisotopic (exact) mass is 212 g/mol. The number of hydrogen-bond donors (Lipinski definition) is 3. The summed E-state index contributed by atoms with van der Waals surface area (Å²) in [6, 6.07) is 4.99. The standard InChI is InChI=1S/C9H9FN2O3/c10-7-3-1-2-6(4-7)9(15)12-11-8(14)5-13/h1-4,13H,5H2,(H,11,14)(H,12,15). The highest BCUT2D eigenvalue weighted by Crippen LogP contribution is 2.02. The molecule has 3 N–H and O–H groups in total. The van der Waals surface area contributed by atoms with Crippen LogP contribution in [0.5, 0.6) is 0 Å². The van der Waals surface area contributed by atoms with Crippen LogP contribution in [0.3, 0.4) is 0 Å². The maximum atomic E-state index is 12.7. The lowest BCUT2D eigenvalue weighted by Gasteiger charge is -2.05. The van der Waals surface area contributed by atoms with Crippen molar-refractivity contribution in [2.45, 2.75) is 0 Å². The van der Waals surface area contributed by atoms with Gasteiger partial charge in [-0.25, -0.2) is 4.39 Å². The average Bonchev–Trinajstić information content (AvgIpc) is 2.25. The van der Waals surface area contributed by atoms with Crippen LogP contribution in [0.25, 0.3) is 0 Å². The fourth-order valence-corrected chi connectivity index (χ4v) is 0.868. The minimum atomic E-state index is -0.750. The van der Waals surface area contributed by atoms with Gasteiger partial charge < -0.3 is 5.11 Å². The molecule has 6 heteroatoms. The van der Waals surface area contributed by atoms with Crippen LogP contribution in [0.1, 0.15) is 10.4 Å². The average molecular weight is 212 g/mol. The molecule has 0 saturated heterocycles. The molecule has 0 aromatic heterocycles. The van der Waals surface area contributed by atoms with Crippen molar-refractivity contribution in [1.29, 1.82) is 0 Å². The van der Waals surface area contributed by atoms with Crippen LogP contribution in [0, 0.1) is 5.82 Å². The van der Waals surface area contributed by atoms with Crippen LogP contribution >= 0.6 is 0 Å². The van der Waals surface area contributed by atoms with Crippen molar-refractivity contribution in [2.24, 2.45) is 0 Å². The minimum absolute atomic E-state index is 0.0771. The predicted octanol–water partition coefficient (Wildman–Crippen LogP) is -0.421. The fourth-order valence-electron chi connectivity index (χ4n) is 0.868. The van der Waals surface area contributed by atoms with E-state index in [2.05, 4.69) is 0 Å². The SMILES string of the molecule is O=C(CO)NNC(=O)c1cccc(F)c1. The number of aliphatic hydroxyl groups is 1. The molecular formula is C9H9FN2O3. The first-order valence-electron chi connectivity index (χ1n) is 4.09. The molecule has 0 aliphatic carbocycles. The molecule has 2 amide bonds. The van der Waals surface area contributed by atoms with Gasteiger partial charge in [-0.1, -0.05) is 6.07 Å². The van der Waals surface area contributed by atoms with Crippen molar-refractivity contribution < 1.29 is 19.1 Å². The van der Waals surface area contributed by atoms with Gasteiger partial charge in [0.1, 0.15) is 12.4 Å². The van der Waals surface area contributed by atoms with Crippen molar-refractivity contribution in [3.63, 3.8) is 0 Å². The molecule has 0 spiro atoms. The summed E-state index contributed by atoms with van der Waals surface area (Å²) in [5.41, 5.74) is 4.03. The van der Waals surface area contributed by atoms with Crippen molar-refractivity contribution >= 4 is 11.8 Å². The Morgan fingerprint density at radius 1 is 1.33 bits per heavy atom. The second kappa shape index (κ2) is 5.06. The number of rotatable bonds is 2. The van der Waals surface area contributed by atoms with Gasteiger partial charge in [0, 0.05) is 5.56 Å². The molecule has 1 aromatic rings. The Bertz CT molecular complexity index is 381. The van der Waals surface area contributed by atoms with Crippen LogP contribution in [0.15, 0.2) is 24.3 Å². The second-order valence-electron chi connectivity index (χ2n) is 2.67. The van der Waals surface area contributed by atoms with E-state index in [1.807, 2.05) is 10.9 Å². The summed E-state index contributed by atoms with van der Waals surface area (Å²) in [6.45, 7) is -0.733. The first-order chi connectivity index (χ1) is 7.13. The summed E-state index contributed by atoms with van der Waals surface area (Å²) in [6.07, 6.45) is 0. The summed E-state index contributed by atoms with van der Waals surface area (Å²) in [5, 5.41) is 8.34. The van der Waals surface area contributed by atoms with E-state index in [-0.39, 0.29) is 5.56 Å². The lowest BCUT2D eigenvalue weighted by Crippen LogP contribution is -2.42. The number of aliphatic hydroxyl groups excluding tert-OH is 1. The summed E-state index contributed by atoms with van der Waals surface area (Å²) < 4.78 is 12.7. The molecule has 5 nitrogen and oxygen atoms in total. The first kappa shape index (κ1) is 11.1. The molecule has 1 aromatic carbocycles. The van der Waals surface area contributed by atoms with E-state index in [1.54, 1.807) is 0 Å². The van der Waals surface area contributed by atoms with Gasteiger partial charge in [0.15, 0.2) is 0 Å². The largest absolute Gasteiger partial charge is 0.386 e. The molecule has 0 aliphatic heterocycles. The maximum absolute atomic E-state index is 12.7. The predicted molar refractivity (Wildman–Crippen MR) is 49.1 cm³/mol. The zero-order valence-electron chi connectivity index (χ0n) is 7.66. The summed E-state index contributed by atoms with van der Waals surface area (Å²) in [4.78, 5) is 21.8. The van der Waals surface area contributed by atoms with E-state index in [1.165, 1.54) is 18.2 Å². The number of halogens is 1. The summed E-state index contributed by atoms with van der Waals surface area (Å²) >= 11 is 0. The topological polar surface area (TPSA) is 78.4 Å². The van der Waals surface area contributed by atoms with Crippen LogP contribution in [0.2, 0.25) is 0 Å². The lowest BCUT2D eigenvalue weighted by atomic mass is 10.2. The Morgan fingerprint density at radius 2 is 2.07 bits per heavy atom.